The van der Waals surface area contributed by atoms with Crippen LogP contribution >= 0.6 is 0 Å². The van der Waals surface area contributed by atoms with Crippen LogP contribution in [0.15, 0.2) is 24.5 Å². The van der Waals surface area contributed by atoms with Gasteiger partial charge >= 0.3 is 0 Å². The van der Waals surface area contributed by atoms with Gasteiger partial charge in [-0.2, -0.15) is 0 Å². The molecule has 0 saturated heterocycles. The molecule has 2 heterocycles. The number of aromatic nitrogens is 3. The topological polar surface area (TPSA) is 50.9 Å². The van der Waals surface area contributed by atoms with Gasteiger partial charge in [0.1, 0.15) is 5.69 Å². The van der Waals surface area contributed by atoms with Crippen molar-refractivity contribution in [2.45, 2.75) is 0 Å². The lowest BCUT2D eigenvalue weighted by Gasteiger charge is -1.96. The Balaban J connectivity index is 2.75. The minimum absolute atomic E-state index is 0.699. The molecule has 1 N–H and O–H groups in total. The van der Waals surface area contributed by atoms with Gasteiger partial charge in [-0.3, -0.25) is 4.98 Å². The van der Waals surface area contributed by atoms with Gasteiger partial charge in [-0.25, -0.2) is 0 Å². The Bertz CT molecular complexity index is 317. The Morgan fingerprint density at radius 3 is 3.10 bits per heavy atom. The molecular weight excluding hydrogens is 130 g/mol. The van der Waals surface area contributed by atoms with Crippen LogP contribution < -0.4 is 0 Å². The molecule has 0 bridgehead atoms. The zero-order valence-corrected chi connectivity index (χ0v) is 5.10. The van der Waals surface area contributed by atoms with Crippen LogP contribution in [0.2, 0.25) is 0 Å². The van der Waals surface area contributed by atoms with E-state index < -0.39 is 0 Å². The molecule has 0 fully saturated rings. The molecule has 0 aliphatic carbocycles. The van der Waals surface area contributed by atoms with Crippen molar-refractivity contribution in [3.8, 4) is 11.4 Å². The first-order chi connectivity index (χ1) is 4.86. The molecule has 0 unspecified atom stereocenters. The smallest absolute Gasteiger partial charge is 0.114 e. The fourth-order valence-corrected chi connectivity index (χ4v) is 0.834. The van der Waals surface area contributed by atoms with Crippen molar-refractivity contribution in [1.82, 2.24) is 14.9 Å². The first-order valence-corrected chi connectivity index (χ1v) is 2.86. The van der Waals surface area contributed by atoms with E-state index in [1.807, 2.05) is 0 Å². The fourth-order valence-electron chi connectivity index (χ4n) is 0.834. The van der Waals surface area contributed by atoms with Gasteiger partial charge in [0.15, 0.2) is 0 Å². The van der Waals surface area contributed by atoms with E-state index in [2.05, 4.69) is 10.1 Å². The van der Waals surface area contributed by atoms with Crippen molar-refractivity contribution in [3.63, 3.8) is 0 Å². The van der Waals surface area contributed by atoms with Gasteiger partial charge in [0.05, 0.1) is 11.9 Å². The van der Waals surface area contributed by atoms with E-state index in [0.717, 1.165) is 10.5 Å². The largest absolute Gasteiger partial charge is 0.412 e. The van der Waals surface area contributed by atoms with Gasteiger partial charge in [0, 0.05) is 6.20 Å². The highest BCUT2D eigenvalue weighted by molar-refractivity contribution is 5.54. The van der Waals surface area contributed by atoms with Crippen LogP contribution in [0.1, 0.15) is 0 Å². The number of nitrogens with zero attached hydrogens (tertiary/aromatic N) is 3. The predicted octanol–water partition coefficient (Wildman–Crippen LogP) is 0.620. The van der Waals surface area contributed by atoms with Crippen molar-refractivity contribution in [3.05, 3.63) is 24.5 Å². The molecule has 0 radical (unpaired) electrons. The summed E-state index contributed by atoms with van der Waals surface area (Å²) in [6.07, 6.45) is 3.09. The van der Waals surface area contributed by atoms with Gasteiger partial charge < -0.3 is 5.21 Å². The normalized spacial score (nSPS) is 10.4. The van der Waals surface area contributed by atoms with Gasteiger partial charge in [0.25, 0.3) is 0 Å². The summed E-state index contributed by atoms with van der Waals surface area (Å²) in [4.78, 5) is 4.74. The Morgan fingerprint density at radius 2 is 2.20 bits per heavy atom. The summed E-state index contributed by atoms with van der Waals surface area (Å²) in [7, 11) is 0. The quantitative estimate of drug-likeness (QED) is 0.539. The first-order valence-electron chi connectivity index (χ1n) is 2.86. The summed E-state index contributed by atoms with van der Waals surface area (Å²) in [5.74, 6) is 0. The van der Waals surface area contributed by atoms with Crippen molar-refractivity contribution >= 4 is 0 Å². The van der Waals surface area contributed by atoms with Crippen molar-refractivity contribution in [1.29, 1.82) is 0 Å². The Morgan fingerprint density at radius 1 is 1.30 bits per heavy atom. The minimum atomic E-state index is 0.699. The van der Waals surface area contributed by atoms with Crippen LogP contribution in [-0.2, 0) is 0 Å². The molecule has 2 rings (SSSR count). The third kappa shape index (κ3) is 0.621. The number of fused-ring (bicyclic) bond motifs is 1. The second-order valence-corrected chi connectivity index (χ2v) is 1.95. The SMILES string of the molecule is On1ccc2nccc-2n1. The summed E-state index contributed by atoms with van der Waals surface area (Å²) in [6, 6.07) is 3.43. The monoisotopic (exact) mass is 135 g/mol. The maximum absolute atomic E-state index is 8.83. The lowest BCUT2D eigenvalue weighted by Crippen LogP contribution is -1.98. The zero-order valence-electron chi connectivity index (χ0n) is 5.10. The highest BCUT2D eigenvalue weighted by Gasteiger charge is 2.02. The van der Waals surface area contributed by atoms with Crippen molar-refractivity contribution < 1.29 is 5.21 Å². The van der Waals surface area contributed by atoms with E-state index in [4.69, 9.17) is 5.21 Å². The minimum Gasteiger partial charge on any atom is -0.412 e. The lowest BCUT2D eigenvalue weighted by atomic mass is 10.3. The second-order valence-electron chi connectivity index (χ2n) is 1.95. The van der Waals surface area contributed by atoms with Crippen molar-refractivity contribution in [2.24, 2.45) is 0 Å². The molecule has 0 atom stereocenters. The van der Waals surface area contributed by atoms with Crippen LogP contribution in [0.25, 0.3) is 11.4 Å². The average molecular weight is 135 g/mol. The maximum Gasteiger partial charge on any atom is 0.114 e. The Kier molecular flexibility index (Phi) is 0.887. The maximum atomic E-state index is 8.83. The Hall–Kier alpha value is -1.58. The standard InChI is InChI=1S/C6H5N3O/c10-9-4-2-5-6(8-9)1-3-7-5/h1-4,10H. The van der Waals surface area contributed by atoms with Gasteiger partial charge in [-0.05, 0) is 12.1 Å². The molecule has 0 spiro atoms. The first kappa shape index (κ1) is 5.22. The molecule has 0 aromatic rings. The fraction of sp³-hybridized carbons (Fsp3) is 0. The second kappa shape index (κ2) is 1.70. The average Bonchev–Trinajstić information content (AvgIpc) is 2.33. The molecule has 0 aromatic carbocycles. The summed E-state index contributed by atoms with van der Waals surface area (Å²) >= 11 is 0. The lowest BCUT2D eigenvalue weighted by molar-refractivity contribution is 0.145. The van der Waals surface area contributed by atoms with Crippen LogP contribution in [0, 0.1) is 0 Å². The molecule has 2 aliphatic rings. The number of hydrogen-bond donors (Lipinski definition) is 1. The third-order valence-electron chi connectivity index (χ3n) is 1.28. The van der Waals surface area contributed by atoms with E-state index in [0.29, 0.717) is 5.69 Å². The van der Waals surface area contributed by atoms with E-state index in [9.17, 15) is 0 Å². The van der Waals surface area contributed by atoms with Crippen molar-refractivity contribution in [2.75, 3.05) is 0 Å². The van der Waals surface area contributed by atoms with Gasteiger partial charge in [-0.15, -0.1) is 9.94 Å². The molecule has 50 valence electrons. The molecule has 0 amide bonds. The van der Waals surface area contributed by atoms with E-state index in [1.54, 1.807) is 18.3 Å². The number of hydrogen-bond acceptors (Lipinski definition) is 3. The van der Waals surface area contributed by atoms with Gasteiger partial charge in [-0.1, -0.05) is 0 Å². The van der Waals surface area contributed by atoms with E-state index >= 15 is 0 Å². The molecule has 0 saturated carbocycles. The van der Waals surface area contributed by atoms with Crippen LogP contribution in [0.4, 0.5) is 0 Å². The van der Waals surface area contributed by atoms with Crippen LogP contribution in [0.5, 0.6) is 0 Å². The molecular formula is C6H5N3O. The Labute approximate surface area is 57.0 Å². The summed E-state index contributed by atoms with van der Waals surface area (Å²) in [6.45, 7) is 0. The zero-order chi connectivity index (χ0) is 6.97. The predicted molar refractivity (Wildman–Crippen MR) is 33.8 cm³/mol. The summed E-state index contributed by atoms with van der Waals surface area (Å²) < 4.78 is 0. The molecule has 4 heteroatoms. The number of rotatable bonds is 0. The third-order valence-corrected chi connectivity index (χ3v) is 1.28. The summed E-state index contributed by atoms with van der Waals surface area (Å²) in [5, 5.41) is 12.6. The van der Waals surface area contributed by atoms with Crippen LogP contribution in [-0.4, -0.2) is 20.1 Å². The summed E-state index contributed by atoms with van der Waals surface area (Å²) in [5.41, 5.74) is 1.50. The van der Waals surface area contributed by atoms with Gasteiger partial charge in [0.2, 0.25) is 0 Å². The highest BCUT2D eigenvalue weighted by atomic mass is 16.5. The van der Waals surface area contributed by atoms with E-state index in [1.165, 1.54) is 6.20 Å². The molecule has 4 nitrogen and oxygen atoms in total. The molecule has 10 heavy (non-hydrogen) atoms. The van der Waals surface area contributed by atoms with Crippen LogP contribution in [0.3, 0.4) is 0 Å². The molecule has 2 aliphatic heterocycles. The molecule has 0 aromatic heterocycles. The highest BCUT2D eigenvalue weighted by Crippen LogP contribution is 2.13. The van der Waals surface area contributed by atoms with E-state index in [-0.39, 0.29) is 0 Å².